The molecular formula is C19H27ClN6O. The van der Waals surface area contributed by atoms with E-state index in [0.29, 0.717) is 36.2 Å². The van der Waals surface area contributed by atoms with Gasteiger partial charge in [-0.3, -0.25) is 4.79 Å². The topological polar surface area (TPSA) is 84.7 Å². The third-order valence-electron chi connectivity index (χ3n) is 5.37. The fourth-order valence-corrected chi connectivity index (χ4v) is 4.12. The summed E-state index contributed by atoms with van der Waals surface area (Å²) >= 11 is 0. The van der Waals surface area contributed by atoms with Crippen molar-refractivity contribution in [3.63, 3.8) is 0 Å². The van der Waals surface area contributed by atoms with Crippen LogP contribution in [-0.4, -0.2) is 37.7 Å². The van der Waals surface area contributed by atoms with Crippen molar-refractivity contribution in [3.05, 3.63) is 30.2 Å². The predicted molar refractivity (Wildman–Crippen MR) is 106 cm³/mol. The van der Waals surface area contributed by atoms with Gasteiger partial charge in [0.1, 0.15) is 5.82 Å². The van der Waals surface area contributed by atoms with Crippen molar-refractivity contribution in [1.29, 1.82) is 0 Å². The van der Waals surface area contributed by atoms with Gasteiger partial charge in [-0.05, 0) is 43.6 Å². The van der Waals surface area contributed by atoms with Gasteiger partial charge in [-0.25, -0.2) is 9.97 Å². The smallest absolute Gasteiger partial charge is 0.252 e. The van der Waals surface area contributed by atoms with Gasteiger partial charge in [0, 0.05) is 37.0 Å². The first-order valence-electron chi connectivity index (χ1n) is 9.51. The predicted octanol–water partition coefficient (Wildman–Crippen LogP) is 3.07. The Labute approximate surface area is 165 Å². The minimum absolute atomic E-state index is 0. The largest absolute Gasteiger partial charge is 0.311 e. The molecule has 2 atom stereocenters. The maximum Gasteiger partial charge on any atom is 0.252 e. The minimum atomic E-state index is 0. The molecule has 2 saturated heterocycles. The summed E-state index contributed by atoms with van der Waals surface area (Å²) in [5.74, 6) is 1.87. The average Bonchev–Trinajstić information content (AvgIpc) is 3.19. The Balaban J connectivity index is 0.00000210. The molecule has 0 radical (unpaired) electrons. The van der Waals surface area contributed by atoms with E-state index in [-0.39, 0.29) is 24.2 Å². The van der Waals surface area contributed by atoms with Crippen molar-refractivity contribution in [2.24, 2.45) is 5.92 Å². The van der Waals surface area contributed by atoms with Crippen molar-refractivity contribution in [2.75, 3.05) is 5.32 Å². The number of nitrogens with zero attached hydrogens (tertiary/aromatic N) is 4. The second-order valence-electron chi connectivity index (χ2n) is 7.80. The maximum absolute atomic E-state index is 12.7. The van der Waals surface area contributed by atoms with E-state index in [0.717, 1.165) is 18.5 Å². The van der Waals surface area contributed by atoms with Crippen LogP contribution in [0.5, 0.6) is 0 Å². The van der Waals surface area contributed by atoms with E-state index in [1.54, 1.807) is 23.1 Å². The SMILES string of the molecule is CC(C)c1cc(NC(=O)CC2CC3CCC(C2)N3)n(-c2ncccn2)n1.Cl. The molecule has 146 valence electrons. The highest BCUT2D eigenvalue weighted by Crippen LogP contribution is 2.33. The summed E-state index contributed by atoms with van der Waals surface area (Å²) in [5.41, 5.74) is 0.910. The maximum atomic E-state index is 12.7. The summed E-state index contributed by atoms with van der Waals surface area (Å²) in [4.78, 5) is 21.2. The van der Waals surface area contributed by atoms with E-state index in [4.69, 9.17) is 0 Å². The number of hydrogen-bond acceptors (Lipinski definition) is 5. The van der Waals surface area contributed by atoms with Crippen LogP contribution in [-0.2, 0) is 4.79 Å². The normalized spacial score (nSPS) is 23.9. The third-order valence-corrected chi connectivity index (χ3v) is 5.37. The fraction of sp³-hybridized carbons (Fsp3) is 0.579. The Morgan fingerprint density at radius 3 is 2.56 bits per heavy atom. The zero-order chi connectivity index (χ0) is 18.1. The molecule has 0 saturated carbocycles. The van der Waals surface area contributed by atoms with Gasteiger partial charge in [-0.2, -0.15) is 9.78 Å². The van der Waals surface area contributed by atoms with Crippen LogP contribution in [0.1, 0.15) is 57.6 Å². The summed E-state index contributed by atoms with van der Waals surface area (Å²) in [7, 11) is 0. The summed E-state index contributed by atoms with van der Waals surface area (Å²) in [6.07, 6.45) is 8.61. The molecule has 0 spiro atoms. The Morgan fingerprint density at radius 2 is 1.93 bits per heavy atom. The molecule has 2 fully saturated rings. The molecule has 2 aromatic rings. The number of rotatable bonds is 5. The van der Waals surface area contributed by atoms with Gasteiger partial charge in [-0.1, -0.05) is 13.8 Å². The van der Waals surface area contributed by atoms with Gasteiger partial charge in [-0.15, -0.1) is 12.4 Å². The molecule has 2 N–H and O–H groups in total. The highest BCUT2D eigenvalue weighted by atomic mass is 35.5. The quantitative estimate of drug-likeness (QED) is 0.819. The molecule has 2 aliphatic heterocycles. The Hall–Kier alpha value is -1.99. The summed E-state index contributed by atoms with van der Waals surface area (Å²) < 4.78 is 1.62. The average molecular weight is 391 g/mol. The molecule has 2 bridgehead atoms. The van der Waals surface area contributed by atoms with Gasteiger partial charge in [0.15, 0.2) is 0 Å². The lowest BCUT2D eigenvalue weighted by Crippen LogP contribution is -2.39. The standard InChI is InChI=1S/C19H26N6O.ClH/c1-12(2)16-11-17(25(24-16)19-20-6-3-7-21-19)23-18(26)10-13-8-14-4-5-15(9-13)22-14;/h3,6-7,11-15,22H,4-5,8-10H2,1-2H3,(H,23,26);1H. The van der Waals surface area contributed by atoms with Crippen molar-refractivity contribution in [1.82, 2.24) is 25.1 Å². The van der Waals surface area contributed by atoms with Crippen LogP contribution in [0.3, 0.4) is 0 Å². The third kappa shape index (κ3) is 4.47. The van der Waals surface area contributed by atoms with Gasteiger partial charge >= 0.3 is 0 Å². The molecular weight excluding hydrogens is 364 g/mol. The first-order chi connectivity index (χ1) is 12.6. The van der Waals surface area contributed by atoms with Gasteiger partial charge in [0.05, 0.1) is 5.69 Å². The first-order valence-corrected chi connectivity index (χ1v) is 9.51. The van der Waals surface area contributed by atoms with Crippen LogP contribution in [0, 0.1) is 5.92 Å². The van der Waals surface area contributed by atoms with Gasteiger partial charge < -0.3 is 10.6 Å². The molecule has 4 rings (SSSR count). The summed E-state index contributed by atoms with van der Waals surface area (Å²) in [6.45, 7) is 4.16. The number of piperidine rings is 1. The molecule has 1 amide bonds. The highest BCUT2D eigenvalue weighted by molar-refractivity contribution is 5.90. The molecule has 2 unspecified atom stereocenters. The number of amides is 1. The number of nitrogens with one attached hydrogen (secondary N) is 2. The molecule has 0 aliphatic carbocycles. The monoisotopic (exact) mass is 390 g/mol. The molecule has 7 nitrogen and oxygen atoms in total. The van der Waals surface area contributed by atoms with Crippen LogP contribution in [0.2, 0.25) is 0 Å². The molecule has 0 aromatic carbocycles. The van der Waals surface area contributed by atoms with Crippen molar-refractivity contribution in [3.8, 4) is 5.95 Å². The number of aromatic nitrogens is 4. The van der Waals surface area contributed by atoms with Crippen LogP contribution < -0.4 is 10.6 Å². The first kappa shape index (κ1) is 19.8. The van der Waals surface area contributed by atoms with Crippen LogP contribution in [0.4, 0.5) is 5.82 Å². The van der Waals surface area contributed by atoms with E-state index >= 15 is 0 Å². The lowest BCUT2D eigenvalue weighted by atomic mass is 9.89. The van der Waals surface area contributed by atoms with E-state index < -0.39 is 0 Å². The number of carbonyl (C=O) groups excluding carboxylic acids is 1. The number of anilines is 1. The highest BCUT2D eigenvalue weighted by Gasteiger charge is 2.34. The van der Waals surface area contributed by atoms with Crippen molar-refractivity contribution in [2.45, 2.75) is 64.0 Å². The van der Waals surface area contributed by atoms with Crippen LogP contribution in [0.25, 0.3) is 5.95 Å². The minimum Gasteiger partial charge on any atom is -0.311 e. The van der Waals surface area contributed by atoms with Gasteiger partial charge in [0.2, 0.25) is 5.91 Å². The number of hydrogen-bond donors (Lipinski definition) is 2. The second kappa shape index (κ2) is 8.35. The molecule has 8 heteroatoms. The second-order valence-corrected chi connectivity index (χ2v) is 7.80. The molecule has 2 aromatic heterocycles. The van der Waals surface area contributed by atoms with Crippen LogP contribution >= 0.6 is 12.4 Å². The Morgan fingerprint density at radius 1 is 1.26 bits per heavy atom. The van der Waals surface area contributed by atoms with Gasteiger partial charge in [0.25, 0.3) is 5.95 Å². The molecule has 27 heavy (non-hydrogen) atoms. The van der Waals surface area contributed by atoms with E-state index in [2.05, 4.69) is 39.5 Å². The molecule has 4 heterocycles. The fourth-order valence-electron chi connectivity index (χ4n) is 4.12. The summed E-state index contributed by atoms with van der Waals surface area (Å²) in [6, 6.07) is 4.88. The Bertz CT molecular complexity index is 766. The molecule has 2 aliphatic rings. The number of halogens is 1. The van der Waals surface area contributed by atoms with E-state index in [1.165, 1.54) is 12.8 Å². The van der Waals surface area contributed by atoms with E-state index in [9.17, 15) is 4.79 Å². The van der Waals surface area contributed by atoms with Crippen molar-refractivity contribution >= 4 is 24.1 Å². The zero-order valence-corrected chi connectivity index (χ0v) is 16.6. The van der Waals surface area contributed by atoms with Crippen LogP contribution in [0.15, 0.2) is 24.5 Å². The number of fused-ring (bicyclic) bond motifs is 2. The van der Waals surface area contributed by atoms with Crippen molar-refractivity contribution < 1.29 is 4.79 Å². The van der Waals surface area contributed by atoms with E-state index in [1.807, 2.05) is 6.07 Å². The zero-order valence-electron chi connectivity index (χ0n) is 15.8. The number of carbonyl (C=O) groups is 1. The lowest BCUT2D eigenvalue weighted by Gasteiger charge is -2.28. The Kier molecular flexibility index (Phi) is 6.11. The summed E-state index contributed by atoms with van der Waals surface area (Å²) in [5, 5.41) is 11.3. The lowest BCUT2D eigenvalue weighted by molar-refractivity contribution is -0.117.